The first-order chi connectivity index (χ1) is 10.2. The number of aryl methyl sites for hydroxylation is 1. The van der Waals surface area contributed by atoms with Crippen molar-refractivity contribution in [1.82, 2.24) is 10.3 Å². The Balaban J connectivity index is 2.04. The van der Waals surface area contributed by atoms with E-state index in [1.807, 2.05) is 25.3 Å². The lowest BCUT2D eigenvalue weighted by molar-refractivity contribution is 0.575. The lowest BCUT2D eigenvalue weighted by Crippen LogP contribution is -2.24. The van der Waals surface area contributed by atoms with E-state index in [2.05, 4.69) is 23.3 Å². The Kier molecular flexibility index (Phi) is 6.21. The molecule has 2 aromatic rings. The highest BCUT2D eigenvalue weighted by Crippen LogP contribution is 2.25. The van der Waals surface area contributed by atoms with Crippen LogP contribution in [0.25, 0.3) is 0 Å². The minimum absolute atomic E-state index is 0.185. The molecule has 112 valence electrons. The van der Waals surface area contributed by atoms with Crippen LogP contribution in [-0.4, -0.2) is 17.3 Å². The predicted molar refractivity (Wildman–Crippen MR) is 87.1 cm³/mol. The number of thioether (sulfide) groups is 1. The predicted octanol–water partition coefficient (Wildman–Crippen LogP) is 4.36. The van der Waals surface area contributed by atoms with E-state index >= 15 is 0 Å². The minimum atomic E-state index is -0.185. The van der Waals surface area contributed by atoms with Gasteiger partial charge in [-0.05, 0) is 49.7 Å². The van der Waals surface area contributed by atoms with E-state index < -0.39 is 0 Å². The number of nitrogens with one attached hydrogen (secondary N) is 1. The van der Waals surface area contributed by atoms with Gasteiger partial charge in [0.15, 0.2) is 0 Å². The Morgan fingerprint density at radius 1 is 1.29 bits per heavy atom. The van der Waals surface area contributed by atoms with Gasteiger partial charge in [0.05, 0.1) is 0 Å². The van der Waals surface area contributed by atoms with Crippen LogP contribution in [0.3, 0.4) is 0 Å². The van der Waals surface area contributed by atoms with Crippen LogP contribution >= 0.6 is 11.8 Å². The first-order valence-electron chi connectivity index (χ1n) is 7.23. The summed E-state index contributed by atoms with van der Waals surface area (Å²) in [5.74, 6) is 0.670. The van der Waals surface area contributed by atoms with Crippen LogP contribution in [0.4, 0.5) is 4.39 Å². The summed E-state index contributed by atoms with van der Waals surface area (Å²) in [7, 11) is 0. The van der Waals surface area contributed by atoms with Crippen molar-refractivity contribution in [2.24, 2.45) is 0 Å². The van der Waals surface area contributed by atoms with Crippen molar-refractivity contribution >= 4 is 11.8 Å². The average Bonchev–Trinajstić information content (AvgIpc) is 2.49. The van der Waals surface area contributed by atoms with E-state index in [-0.39, 0.29) is 11.9 Å². The lowest BCUT2D eigenvalue weighted by atomic mass is 10.1. The highest BCUT2D eigenvalue weighted by Gasteiger charge is 2.11. The fourth-order valence-corrected chi connectivity index (χ4v) is 3.05. The molecule has 1 N–H and O–H groups in total. The van der Waals surface area contributed by atoms with E-state index in [4.69, 9.17) is 0 Å². The molecule has 0 aliphatic carbocycles. The second-order valence-electron chi connectivity index (χ2n) is 5.01. The molecule has 0 radical (unpaired) electrons. The molecule has 0 aliphatic rings. The van der Waals surface area contributed by atoms with Crippen LogP contribution in [0, 0.1) is 12.7 Å². The van der Waals surface area contributed by atoms with E-state index in [1.165, 1.54) is 11.6 Å². The maximum Gasteiger partial charge on any atom is 0.124 e. The van der Waals surface area contributed by atoms with E-state index in [1.54, 1.807) is 23.9 Å². The normalized spacial score (nSPS) is 12.3. The molecule has 0 bridgehead atoms. The molecule has 0 amide bonds. The Labute approximate surface area is 130 Å². The number of aromatic nitrogens is 1. The topological polar surface area (TPSA) is 24.9 Å². The van der Waals surface area contributed by atoms with Crippen molar-refractivity contribution in [3.05, 3.63) is 59.7 Å². The van der Waals surface area contributed by atoms with Gasteiger partial charge in [0, 0.05) is 28.6 Å². The number of halogens is 1. The third-order valence-corrected chi connectivity index (χ3v) is 4.28. The Hall–Kier alpha value is -1.39. The molecule has 4 heteroatoms. The monoisotopic (exact) mass is 304 g/mol. The van der Waals surface area contributed by atoms with Crippen molar-refractivity contribution in [2.45, 2.75) is 31.2 Å². The summed E-state index contributed by atoms with van der Waals surface area (Å²) in [4.78, 5) is 5.32. The van der Waals surface area contributed by atoms with Crippen LogP contribution in [-0.2, 0) is 0 Å². The molecule has 2 nitrogen and oxygen atoms in total. The standard InChI is InChI=1S/C17H21FN2S/c1-3-9-19-17(14-8-7-13(2)20-11-14)12-21-16-6-4-5-15(18)10-16/h4-8,10-11,17,19H,3,9,12H2,1-2H3. The zero-order valence-corrected chi connectivity index (χ0v) is 13.3. The molecule has 21 heavy (non-hydrogen) atoms. The van der Waals surface area contributed by atoms with Crippen molar-refractivity contribution < 1.29 is 4.39 Å². The van der Waals surface area contributed by atoms with Gasteiger partial charge in [-0.3, -0.25) is 4.98 Å². The second kappa shape index (κ2) is 8.15. The van der Waals surface area contributed by atoms with Gasteiger partial charge in [0.25, 0.3) is 0 Å². The van der Waals surface area contributed by atoms with Crippen LogP contribution in [0.2, 0.25) is 0 Å². The number of benzene rings is 1. The molecule has 1 atom stereocenters. The summed E-state index contributed by atoms with van der Waals surface area (Å²) in [5, 5.41) is 3.54. The van der Waals surface area contributed by atoms with E-state index in [9.17, 15) is 4.39 Å². The molecule has 0 fully saturated rings. The highest BCUT2D eigenvalue weighted by molar-refractivity contribution is 7.99. The molecule has 0 saturated heterocycles. The maximum absolute atomic E-state index is 13.2. The number of hydrogen-bond acceptors (Lipinski definition) is 3. The molecule has 2 rings (SSSR count). The smallest absolute Gasteiger partial charge is 0.124 e. The summed E-state index contributed by atoms with van der Waals surface area (Å²) >= 11 is 1.66. The van der Waals surface area contributed by atoms with Crippen molar-refractivity contribution in [3.63, 3.8) is 0 Å². The minimum Gasteiger partial charge on any atom is -0.309 e. The Bertz CT molecular complexity index is 557. The van der Waals surface area contributed by atoms with Gasteiger partial charge in [0.2, 0.25) is 0 Å². The zero-order chi connectivity index (χ0) is 15.1. The van der Waals surface area contributed by atoms with Crippen LogP contribution in [0.15, 0.2) is 47.5 Å². The van der Waals surface area contributed by atoms with Gasteiger partial charge in [0.1, 0.15) is 5.82 Å². The first-order valence-corrected chi connectivity index (χ1v) is 8.22. The highest BCUT2D eigenvalue weighted by atomic mass is 32.2. The Morgan fingerprint density at radius 2 is 2.14 bits per heavy atom. The van der Waals surface area contributed by atoms with E-state index in [0.29, 0.717) is 0 Å². The SMILES string of the molecule is CCCNC(CSc1cccc(F)c1)c1ccc(C)nc1. The number of pyridine rings is 1. The van der Waals surface area contributed by atoms with Crippen LogP contribution in [0.5, 0.6) is 0 Å². The molecule has 0 saturated carbocycles. The molecule has 0 aliphatic heterocycles. The van der Waals surface area contributed by atoms with Crippen molar-refractivity contribution in [3.8, 4) is 0 Å². The van der Waals surface area contributed by atoms with E-state index in [0.717, 1.165) is 29.3 Å². The molecule has 1 aromatic carbocycles. The van der Waals surface area contributed by atoms with Gasteiger partial charge < -0.3 is 5.32 Å². The average molecular weight is 304 g/mol. The van der Waals surface area contributed by atoms with Crippen LogP contribution < -0.4 is 5.32 Å². The molecular formula is C17H21FN2S. The lowest BCUT2D eigenvalue weighted by Gasteiger charge is -2.18. The van der Waals surface area contributed by atoms with Crippen molar-refractivity contribution in [2.75, 3.05) is 12.3 Å². The summed E-state index contributed by atoms with van der Waals surface area (Å²) in [6.45, 7) is 5.10. The Morgan fingerprint density at radius 3 is 2.81 bits per heavy atom. The molecule has 0 spiro atoms. The summed E-state index contributed by atoms with van der Waals surface area (Å²) in [6, 6.07) is 11.1. The number of nitrogens with zero attached hydrogens (tertiary/aromatic N) is 1. The molecule has 1 aromatic heterocycles. The summed E-state index contributed by atoms with van der Waals surface area (Å²) in [5.41, 5.74) is 2.20. The maximum atomic E-state index is 13.2. The fourth-order valence-electron chi connectivity index (χ4n) is 2.01. The molecule has 1 unspecified atom stereocenters. The van der Waals surface area contributed by atoms with Gasteiger partial charge in [-0.15, -0.1) is 11.8 Å². The van der Waals surface area contributed by atoms with Gasteiger partial charge in [-0.2, -0.15) is 0 Å². The quantitative estimate of drug-likeness (QED) is 0.769. The number of hydrogen-bond donors (Lipinski definition) is 1. The first kappa shape index (κ1) is 16.0. The summed E-state index contributed by atoms with van der Waals surface area (Å²) < 4.78 is 13.2. The molecular weight excluding hydrogens is 283 g/mol. The van der Waals surface area contributed by atoms with Gasteiger partial charge in [-0.1, -0.05) is 19.1 Å². The third-order valence-electron chi connectivity index (χ3n) is 3.19. The zero-order valence-electron chi connectivity index (χ0n) is 12.5. The van der Waals surface area contributed by atoms with Crippen LogP contribution in [0.1, 0.15) is 30.6 Å². The third kappa shape index (κ3) is 5.14. The second-order valence-corrected chi connectivity index (χ2v) is 6.10. The number of rotatable bonds is 7. The van der Waals surface area contributed by atoms with Crippen molar-refractivity contribution in [1.29, 1.82) is 0 Å². The molecule has 1 heterocycles. The van der Waals surface area contributed by atoms with Gasteiger partial charge in [-0.25, -0.2) is 4.39 Å². The van der Waals surface area contributed by atoms with Gasteiger partial charge >= 0.3 is 0 Å². The largest absolute Gasteiger partial charge is 0.309 e. The summed E-state index contributed by atoms with van der Waals surface area (Å²) in [6.07, 6.45) is 3.01. The fraction of sp³-hybridized carbons (Fsp3) is 0.353.